The fraction of sp³-hybridized carbons (Fsp3) is 0.111. The first-order valence-electron chi connectivity index (χ1n) is 7.63. The molecule has 2 aromatic carbocycles. The molecular weight excluding hydrogens is 376 g/mol. The first-order valence-corrected chi connectivity index (χ1v) is 9.17. The van der Waals surface area contributed by atoms with Crippen molar-refractivity contribution in [2.24, 2.45) is 5.14 Å². The molecule has 0 saturated heterocycles. The van der Waals surface area contributed by atoms with Crippen LogP contribution >= 0.6 is 0 Å². The second-order valence-electron chi connectivity index (χ2n) is 5.92. The van der Waals surface area contributed by atoms with E-state index in [-0.39, 0.29) is 22.6 Å². The lowest BCUT2D eigenvalue weighted by Gasteiger charge is -2.08. The monoisotopic (exact) mass is 389 g/mol. The third-order valence-corrected chi connectivity index (χ3v) is 5.02. The Labute approximate surface area is 153 Å². The summed E-state index contributed by atoms with van der Waals surface area (Å²) < 4.78 is 56.4. The quantitative estimate of drug-likeness (QED) is 0.738. The molecule has 0 aliphatic carbocycles. The van der Waals surface area contributed by atoms with Gasteiger partial charge in [0.05, 0.1) is 17.2 Å². The van der Waals surface area contributed by atoms with E-state index in [0.29, 0.717) is 11.1 Å². The number of hydrogen-bond acceptors (Lipinski definition) is 5. The summed E-state index contributed by atoms with van der Waals surface area (Å²) in [6, 6.07) is 8.76. The number of aryl methyl sites for hydroxylation is 2. The summed E-state index contributed by atoms with van der Waals surface area (Å²) in [4.78, 5) is -1.20. The Morgan fingerprint density at radius 2 is 1.74 bits per heavy atom. The molecule has 0 atom stereocenters. The van der Waals surface area contributed by atoms with Gasteiger partial charge in [0.2, 0.25) is 10.0 Å². The van der Waals surface area contributed by atoms with Crippen LogP contribution in [-0.4, -0.2) is 13.6 Å². The molecule has 0 unspecified atom stereocenters. The molecule has 0 radical (unpaired) electrons. The van der Waals surface area contributed by atoms with Gasteiger partial charge in [0.15, 0.2) is 4.90 Å². The van der Waals surface area contributed by atoms with Gasteiger partial charge in [-0.05, 0) is 43.2 Å². The van der Waals surface area contributed by atoms with Crippen LogP contribution in [0.5, 0.6) is 0 Å². The third kappa shape index (κ3) is 3.32. The summed E-state index contributed by atoms with van der Waals surface area (Å²) in [5.74, 6) is -2.37. The van der Waals surface area contributed by atoms with Gasteiger partial charge in [-0.3, -0.25) is 0 Å². The molecule has 0 fully saturated rings. The van der Waals surface area contributed by atoms with Crippen molar-refractivity contribution in [1.82, 2.24) is 5.16 Å². The highest BCUT2D eigenvalue weighted by Crippen LogP contribution is 2.36. The number of nitriles is 1. The molecule has 0 amide bonds. The van der Waals surface area contributed by atoms with Crippen molar-refractivity contribution in [2.75, 3.05) is 0 Å². The fourth-order valence-electron chi connectivity index (χ4n) is 2.77. The lowest BCUT2D eigenvalue weighted by Crippen LogP contribution is -2.16. The van der Waals surface area contributed by atoms with Crippen LogP contribution in [0.4, 0.5) is 8.78 Å². The van der Waals surface area contributed by atoms with E-state index in [1.165, 1.54) is 0 Å². The zero-order valence-electron chi connectivity index (χ0n) is 14.2. The van der Waals surface area contributed by atoms with Crippen LogP contribution < -0.4 is 5.14 Å². The maximum absolute atomic E-state index is 14.2. The molecule has 1 heterocycles. The Hall–Kier alpha value is -3.09. The molecule has 0 saturated carbocycles. The number of hydrogen-bond donors (Lipinski definition) is 1. The van der Waals surface area contributed by atoms with Gasteiger partial charge in [0.1, 0.15) is 23.1 Å². The van der Waals surface area contributed by atoms with E-state index in [0.717, 1.165) is 17.7 Å². The lowest BCUT2D eigenvalue weighted by atomic mass is 9.97. The van der Waals surface area contributed by atoms with E-state index >= 15 is 0 Å². The zero-order valence-corrected chi connectivity index (χ0v) is 15.1. The average molecular weight is 389 g/mol. The normalized spacial score (nSPS) is 11.4. The minimum Gasteiger partial charge on any atom is -0.360 e. The highest BCUT2D eigenvalue weighted by molar-refractivity contribution is 7.89. The summed E-state index contributed by atoms with van der Waals surface area (Å²) in [5, 5.41) is 18.0. The average Bonchev–Trinajstić information content (AvgIpc) is 2.95. The van der Waals surface area contributed by atoms with Crippen LogP contribution in [0.1, 0.15) is 16.9 Å². The smallest absolute Gasteiger partial charge is 0.243 e. The molecule has 1 aromatic heterocycles. The number of benzene rings is 2. The summed E-state index contributed by atoms with van der Waals surface area (Å²) in [5.41, 5.74) is 2.27. The number of nitrogens with two attached hydrogens (primary N) is 1. The summed E-state index contributed by atoms with van der Waals surface area (Å²) in [7, 11) is -4.56. The van der Waals surface area contributed by atoms with Gasteiger partial charge in [-0.1, -0.05) is 17.3 Å². The van der Waals surface area contributed by atoms with Gasteiger partial charge in [-0.2, -0.15) is 5.26 Å². The Balaban J connectivity index is 2.24. The van der Waals surface area contributed by atoms with Crippen LogP contribution in [0.2, 0.25) is 0 Å². The Bertz CT molecular complexity index is 1190. The van der Waals surface area contributed by atoms with E-state index in [4.69, 9.17) is 9.66 Å². The van der Waals surface area contributed by atoms with Crippen molar-refractivity contribution >= 4 is 10.0 Å². The Morgan fingerprint density at radius 1 is 1.11 bits per heavy atom. The van der Waals surface area contributed by atoms with E-state index in [1.54, 1.807) is 32.0 Å². The number of rotatable bonds is 3. The number of halogens is 2. The van der Waals surface area contributed by atoms with E-state index in [9.17, 15) is 22.5 Å². The van der Waals surface area contributed by atoms with Crippen molar-refractivity contribution in [1.29, 1.82) is 5.26 Å². The first kappa shape index (κ1) is 18.7. The highest BCUT2D eigenvalue weighted by atomic mass is 32.2. The SMILES string of the molecule is Cc1ccc(-c2noc(C)c2-c2cc(F)c(S(N)(=O)=O)c(F)c2)cc1C#N. The van der Waals surface area contributed by atoms with Gasteiger partial charge in [0, 0.05) is 5.56 Å². The first-order chi connectivity index (χ1) is 12.6. The molecule has 0 aliphatic rings. The molecule has 27 heavy (non-hydrogen) atoms. The fourth-order valence-corrected chi connectivity index (χ4v) is 3.44. The minimum atomic E-state index is -4.56. The van der Waals surface area contributed by atoms with Crippen LogP contribution in [0, 0.1) is 36.8 Å². The van der Waals surface area contributed by atoms with E-state index in [2.05, 4.69) is 11.2 Å². The second-order valence-corrected chi connectivity index (χ2v) is 7.42. The number of sulfonamides is 1. The van der Waals surface area contributed by atoms with Crippen LogP contribution in [0.25, 0.3) is 22.4 Å². The van der Waals surface area contributed by atoms with E-state index in [1.807, 2.05) is 0 Å². The predicted molar refractivity (Wildman–Crippen MR) is 92.9 cm³/mol. The van der Waals surface area contributed by atoms with Crippen LogP contribution in [0.15, 0.2) is 39.8 Å². The lowest BCUT2D eigenvalue weighted by molar-refractivity contribution is 0.400. The van der Waals surface area contributed by atoms with Gasteiger partial charge >= 0.3 is 0 Å². The summed E-state index contributed by atoms with van der Waals surface area (Å²) in [6.07, 6.45) is 0. The standard InChI is InChI=1S/C18H13F2N3O3S/c1-9-3-4-11(5-13(9)8-21)17-16(10(2)26-23-17)12-6-14(19)18(15(20)7-12)27(22,24)25/h3-7H,1-2H3,(H2,22,24,25). The molecular formula is C18H13F2N3O3S. The molecule has 9 heteroatoms. The van der Waals surface area contributed by atoms with Gasteiger partial charge in [-0.15, -0.1) is 0 Å². The van der Waals surface area contributed by atoms with Crippen LogP contribution in [-0.2, 0) is 10.0 Å². The molecule has 2 N–H and O–H groups in total. The van der Waals surface area contributed by atoms with Crippen molar-refractivity contribution in [3.8, 4) is 28.5 Å². The minimum absolute atomic E-state index is 0.0326. The van der Waals surface area contributed by atoms with Crippen molar-refractivity contribution < 1.29 is 21.7 Å². The molecule has 138 valence electrons. The topological polar surface area (TPSA) is 110 Å². The maximum atomic E-state index is 14.2. The molecule has 3 rings (SSSR count). The Morgan fingerprint density at radius 3 is 2.30 bits per heavy atom. The molecule has 0 spiro atoms. The summed E-state index contributed by atoms with van der Waals surface area (Å²) >= 11 is 0. The molecule has 3 aromatic rings. The second kappa shape index (κ2) is 6.57. The molecule has 0 aliphatic heterocycles. The van der Waals surface area contributed by atoms with Gasteiger partial charge < -0.3 is 4.52 Å². The largest absolute Gasteiger partial charge is 0.360 e. The molecule has 6 nitrogen and oxygen atoms in total. The number of aromatic nitrogens is 1. The number of nitrogens with zero attached hydrogens (tertiary/aromatic N) is 2. The van der Waals surface area contributed by atoms with Crippen LogP contribution in [0.3, 0.4) is 0 Å². The Kier molecular flexibility index (Phi) is 4.55. The third-order valence-electron chi connectivity index (χ3n) is 4.07. The number of primary sulfonamides is 1. The maximum Gasteiger partial charge on any atom is 0.243 e. The highest BCUT2D eigenvalue weighted by Gasteiger charge is 2.25. The predicted octanol–water partition coefficient (Wildman–Crippen LogP) is 3.42. The summed E-state index contributed by atoms with van der Waals surface area (Å²) in [6.45, 7) is 3.32. The van der Waals surface area contributed by atoms with Gasteiger partial charge in [-0.25, -0.2) is 22.3 Å². The zero-order chi connectivity index (χ0) is 19.9. The molecule has 0 bridgehead atoms. The van der Waals surface area contributed by atoms with Crippen molar-refractivity contribution in [3.05, 3.63) is 58.9 Å². The van der Waals surface area contributed by atoms with Crippen molar-refractivity contribution in [3.63, 3.8) is 0 Å². The van der Waals surface area contributed by atoms with Crippen molar-refractivity contribution in [2.45, 2.75) is 18.7 Å². The van der Waals surface area contributed by atoms with Gasteiger partial charge in [0.25, 0.3) is 0 Å². The van der Waals surface area contributed by atoms with E-state index < -0.39 is 26.6 Å².